The van der Waals surface area contributed by atoms with E-state index in [1.807, 2.05) is 67.5 Å². The van der Waals surface area contributed by atoms with E-state index < -0.39 is 0 Å². The van der Waals surface area contributed by atoms with Gasteiger partial charge in [0.05, 0.1) is 0 Å². The summed E-state index contributed by atoms with van der Waals surface area (Å²) in [6.45, 7) is 2.05. The molecule has 0 radical (unpaired) electrons. The minimum Gasteiger partial charge on any atom is -0.378 e. The molecule has 0 bridgehead atoms. The lowest BCUT2D eigenvalue weighted by Crippen LogP contribution is -2.15. The predicted octanol–water partition coefficient (Wildman–Crippen LogP) is 4.10. The monoisotopic (exact) mass is 361 g/mol. The van der Waals surface area contributed by atoms with Crippen molar-refractivity contribution in [3.05, 3.63) is 72.2 Å². The highest BCUT2D eigenvalue weighted by atomic mass is 16.1. The minimum absolute atomic E-state index is 0.260. The largest absolute Gasteiger partial charge is 0.378 e. The molecular formula is C21H23N5O. The van der Waals surface area contributed by atoms with Crippen molar-refractivity contribution in [2.75, 3.05) is 29.6 Å². The molecule has 6 nitrogen and oxygen atoms in total. The topological polar surface area (TPSA) is 70.2 Å². The fourth-order valence-corrected chi connectivity index (χ4v) is 2.68. The lowest BCUT2D eigenvalue weighted by molar-refractivity contribution is 0.102. The maximum absolute atomic E-state index is 12.6. The summed E-state index contributed by atoms with van der Waals surface area (Å²) in [5, 5.41) is 6.13. The minimum atomic E-state index is -0.260. The summed E-state index contributed by atoms with van der Waals surface area (Å²) in [5.74, 6) is 0.306. The molecule has 3 rings (SSSR count). The van der Waals surface area contributed by atoms with Gasteiger partial charge in [0, 0.05) is 37.2 Å². The fraction of sp³-hybridized carbons (Fsp3) is 0.190. The van der Waals surface area contributed by atoms with Crippen LogP contribution in [0.3, 0.4) is 0 Å². The van der Waals surface area contributed by atoms with Crippen LogP contribution >= 0.6 is 0 Å². The van der Waals surface area contributed by atoms with Gasteiger partial charge in [-0.15, -0.1) is 0 Å². The predicted molar refractivity (Wildman–Crippen MR) is 110 cm³/mol. The molecule has 0 atom stereocenters. The van der Waals surface area contributed by atoms with Gasteiger partial charge in [0.25, 0.3) is 5.91 Å². The maximum atomic E-state index is 12.6. The van der Waals surface area contributed by atoms with E-state index in [1.165, 1.54) is 6.33 Å². The van der Waals surface area contributed by atoms with Crippen molar-refractivity contribution in [1.29, 1.82) is 0 Å². The summed E-state index contributed by atoms with van der Waals surface area (Å²) in [6.07, 6.45) is 2.23. The summed E-state index contributed by atoms with van der Waals surface area (Å²) in [4.78, 5) is 22.9. The van der Waals surface area contributed by atoms with Crippen LogP contribution in [-0.4, -0.2) is 30.0 Å². The van der Waals surface area contributed by atoms with E-state index in [-0.39, 0.29) is 5.91 Å². The smallest absolute Gasteiger partial charge is 0.274 e. The first-order valence-electron chi connectivity index (χ1n) is 8.82. The average molecular weight is 361 g/mol. The Morgan fingerprint density at radius 3 is 2.48 bits per heavy atom. The van der Waals surface area contributed by atoms with E-state index in [4.69, 9.17) is 0 Å². The molecule has 0 saturated heterocycles. The normalized spacial score (nSPS) is 10.3. The summed E-state index contributed by atoms with van der Waals surface area (Å²) < 4.78 is 0. The van der Waals surface area contributed by atoms with Gasteiger partial charge in [0.2, 0.25) is 0 Å². The van der Waals surface area contributed by atoms with Crippen LogP contribution in [0.2, 0.25) is 0 Å². The molecule has 0 saturated carbocycles. The molecular weight excluding hydrogens is 338 g/mol. The van der Waals surface area contributed by atoms with E-state index >= 15 is 0 Å². The van der Waals surface area contributed by atoms with Gasteiger partial charge in [-0.3, -0.25) is 4.79 Å². The van der Waals surface area contributed by atoms with E-state index in [2.05, 4.69) is 27.5 Å². The summed E-state index contributed by atoms with van der Waals surface area (Å²) >= 11 is 0. The number of benzene rings is 2. The number of carbonyl (C=O) groups is 1. The van der Waals surface area contributed by atoms with Crippen LogP contribution in [-0.2, 0) is 6.42 Å². The van der Waals surface area contributed by atoms with Gasteiger partial charge in [-0.1, -0.05) is 25.1 Å². The number of hydrogen-bond donors (Lipinski definition) is 2. The number of nitrogens with one attached hydrogen (secondary N) is 2. The Kier molecular flexibility index (Phi) is 5.66. The Balaban J connectivity index is 1.73. The SMILES string of the molecule is CCc1ccccc1NC(=O)c1cc(Nc2ccc(N(C)C)cc2)ncn1. The Hall–Kier alpha value is -3.41. The third kappa shape index (κ3) is 4.61. The van der Waals surface area contributed by atoms with Crippen LogP contribution in [0.5, 0.6) is 0 Å². The third-order valence-corrected chi connectivity index (χ3v) is 4.20. The highest BCUT2D eigenvalue weighted by molar-refractivity contribution is 6.03. The number of para-hydroxylation sites is 1. The molecule has 1 aromatic heterocycles. The Bertz CT molecular complexity index is 922. The third-order valence-electron chi connectivity index (χ3n) is 4.20. The van der Waals surface area contributed by atoms with Crippen LogP contribution in [0, 0.1) is 0 Å². The highest BCUT2D eigenvalue weighted by Gasteiger charge is 2.11. The van der Waals surface area contributed by atoms with Crippen molar-refractivity contribution in [3.63, 3.8) is 0 Å². The lowest BCUT2D eigenvalue weighted by Gasteiger charge is -2.13. The van der Waals surface area contributed by atoms with Gasteiger partial charge in [-0.25, -0.2) is 9.97 Å². The molecule has 0 aliphatic rings. The van der Waals surface area contributed by atoms with Crippen LogP contribution in [0.15, 0.2) is 60.9 Å². The van der Waals surface area contributed by atoms with Crippen LogP contribution < -0.4 is 15.5 Å². The number of aromatic nitrogens is 2. The average Bonchev–Trinajstić information content (AvgIpc) is 2.69. The number of carbonyl (C=O) groups excluding carboxylic acids is 1. The number of aryl methyl sites for hydroxylation is 1. The van der Waals surface area contributed by atoms with Crippen LogP contribution in [0.25, 0.3) is 0 Å². The summed E-state index contributed by atoms with van der Waals surface area (Å²) in [6, 6.07) is 17.4. The van der Waals surface area contributed by atoms with Crippen molar-refractivity contribution in [3.8, 4) is 0 Å². The molecule has 3 aromatic rings. The molecule has 138 valence electrons. The zero-order valence-electron chi connectivity index (χ0n) is 15.7. The number of rotatable bonds is 6. The fourth-order valence-electron chi connectivity index (χ4n) is 2.68. The van der Waals surface area contributed by atoms with Gasteiger partial charge in [0.15, 0.2) is 0 Å². The highest BCUT2D eigenvalue weighted by Crippen LogP contribution is 2.20. The second kappa shape index (κ2) is 8.31. The van der Waals surface area contributed by atoms with E-state index in [1.54, 1.807) is 6.07 Å². The molecule has 0 aliphatic carbocycles. The van der Waals surface area contributed by atoms with Crippen molar-refractivity contribution in [2.45, 2.75) is 13.3 Å². The van der Waals surface area contributed by atoms with Crippen molar-refractivity contribution in [2.24, 2.45) is 0 Å². The zero-order valence-corrected chi connectivity index (χ0v) is 15.7. The van der Waals surface area contributed by atoms with E-state index in [0.29, 0.717) is 11.5 Å². The Morgan fingerprint density at radius 2 is 1.78 bits per heavy atom. The van der Waals surface area contributed by atoms with Crippen molar-refractivity contribution in [1.82, 2.24) is 9.97 Å². The van der Waals surface area contributed by atoms with Gasteiger partial charge in [-0.05, 0) is 42.3 Å². The van der Waals surface area contributed by atoms with Gasteiger partial charge >= 0.3 is 0 Å². The molecule has 1 amide bonds. The molecule has 6 heteroatoms. The molecule has 27 heavy (non-hydrogen) atoms. The van der Waals surface area contributed by atoms with E-state index in [9.17, 15) is 4.79 Å². The van der Waals surface area contributed by atoms with Gasteiger partial charge in [-0.2, -0.15) is 0 Å². The number of hydrogen-bond acceptors (Lipinski definition) is 5. The summed E-state index contributed by atoms with van der Waals surface area (Å²) in [7, 11) is 3.99. The molecule has 0 unspecified atom stereocenters. The first-order valence-corrected chi connectivity index (χ1v) is 8.82. The second-order valence-electron chi connectivity index (χ2n) is 6.32. The van der Waals surface area contributed by atoms with Crippen LogP contribution in [0.1, 0.15) is 23.0 Å². The lowest BCUT2D eigenvalue weighted by atomic mass is 10.1. The number of nitrogens with zero attached hydrogens (tertiary/aromatic N) is 3. The number of anilines is 4. The van der Waals surface area contributed by atoms with Crippen molar-refractivity contribution < 1.29 is 4.79 Å². The Labute approximate surface area is 159 Å². The van der Waals surface area contributed by atoms with Gasteiger partial charge in [0.1, 0.15) is 17.8 Å². The molecule has 1 heterocycles. The van der Waals surface area contributed by atoms with Crippen molar-refractivity contribution >= 4 is 28.8 Å². The first kappa shape index (κ1) is 18.4. The molecule has 0 spiro atoms. The maximum Gasteiger partial charge on any atom is 0.274 e. The number of amides is 1. The Morgan fingerprint density at radius 1 is 1.04 bits per heavy atom. The summed E-state index contributed by atoms with van der Waals surface area (Å²) in [5.41, 5.74) is 4.19. The molecule has 0 fully saturated rings. The van der Waals surface area contributed by atoms with Crippen LogP contribution in [0.4, 0.5) is 22.9 Å². The quantitative estimate of drug-likeness (QED) is 0.692. The molecule has 2 N–H and O–H groups in total. The van der Waals surface area contributed by atoms with E-state index in [0.717, 1.165) is 29.0 Å². The standard InChI is InChI=1S/C21H23N5O/c1-4-15-7-5-6-8-18(15)25-21(27)19-13-20(23-14-22-19)24-16-9-11-17(12-10-16)26(2)3/h5-14H,4H2,1-3H3,(H,25,27)(H,22,23,24). The second-order valence-corrected chi connectivity index (χ2v) is 6.32. The van der Waals surface area contributed by atoms with Gasteiger partial charge < -0.3 is 15.5 Å². The molecule has 0 aliphatic heterocycles. The zero-order chi connectivity index (χ0) is 19.2. The first-order chi connectivity index (χ1) is 13.1. The molecule has 2 aromatic carbocycles.